The zero-order valence-electron chi connectivity index (χ0n) is 13.9. The number of carbonyl (C=O) groups is 1. The van der Waals surface area contributed by atoms with Gasteiger partial charge in [-0.15, -0.1) is 0 Å². The quantitative estimate of drug-likeness (QED) is 0.349. The van der Waals surface area contributed by atoms with Crippen LogP contribution in [0.1, 0.15) is 71.1 Å². The molecule has 1 heterocycles. The molecule has 0 aromatic carbocycles. The fourth-order valence-electron chi connectivity index (χ4n) is 2.36. The van der Waals surface area contributed by atoms with Crippen molar-refractivity contribution in [1.82, 2.24) is 0 Å². The van der Waals surface area contributed by atoms with E-state index in [0.717, 1.165) is 38.9 Å². The van der Waals surface area contributed by atoms with Gasteiger partial charge >= 0.3 is 5.97 Å². The van der Waals surface area contributed by atoms with Crippen molar-refractivity contribution in [3.05, 3.63) is 0 Å². The second-order valence-corrected chi connectivity index (χ2v) is 5.67. The van der Waals surface area contributed by atoms with Crippen LogP contribution in [0.15, 0.2) is 0 Å². The van der Waals surface area contributed by atoms with Gasteiger partial charge in [-0.1, -0.05) is 37.5 Å². The average Bonchev–Trinajstić information content (AvgIpc) is 2.52. The first-order valence-corrected chi connectivity index (χ1v) is 8.61. The molecule has 22 heavy (non-hydrogen) atoms. The van der Waals surface area contributed by atoms with E-state index < -0.39 is 0 Å². The molecule has 0 saturated carbocycles. The number of ether oxygens (including phenoxy) is 3. The van der Waals surface area contributed by atoms with Crippen LogP contribution in [0.4, 0.5) is 0 Å². The lowest BCUT2D eigenvalue weighted by molar-refractivity contribution is -0.162. The van der Waals surface area contributed by atoms with Gasteiger partial charge in [0.05, 0.1) is 0 Å². The number of unbranched alkanes of at least 4 members (excludes halogenated alkanes) is 6. The number of hydrogen-bond acceptors (Lipinski definition) is 4. The van der Waals surface area contributed by atoms with Crippen LogP contribution >= 0.6 is 0 Å². The fourth-order valence-corrected chi connectivity index (χ4v) is 2.36. The normalized spacial score (nSPS) is 17.6. The average molecular weight is 310 g/mol. The maximum absolute atomic E-state index is 10.5. The molecule has 0 aliphatic carbocycles. The molecule has 1 fully saturated rings. The van der Waals surface area contributed by atoms with Crippen molar-refractivity contribution in [3.8, 4) is 11.8 Å². The molecule has 1 rings (SSSR count). The van der Waals surface area contributed by atoms with Crippen molar-refractivity contribution in [1.29, 1.82) is 0 Å². The van der Waals surface area contributed by atoms with Crippen LogP contribution in [-0.2, 0) is 19.0 Å². The van der Waals surface area contributed by atoms with Crippen molar-refractivity contribution in [2.45, 2.75) is 77.4 Å². The third-order valence-corrected chi connectivity index (χ3v) is 3.61. The van der Waals surface area contributed by atoms with E-state index in [9.17, 15) is 4.79 Å². The zero-order valence-corrected chi connectivity index (χ0v) is 13.9. The summed E-state index contributed by atoms with van der Waals surface area (Å²) in [6, 6.07) is 0. The van der Waals surface area contributed by atoms with Gasteiger partial charge < -0.3 is 14.2 Å². The Balaban J connectivity index is 1.77. The van der Waals surface area contributed by atoms with Gasteiger partial charge in [0.15, 0.2) is 12.9 Å². The first-order chi connectivity index (χ1) is 10.8. The molecule has 1 aliphatic rings. The van der Waals surface area contributed by atoms with Crippen LogP contribution in [0.3, 0.4) is 0 Å². The first kappa shape index (κ1) is 19.0. The topological polar surface area (TPSA) is 44.8 Å². The Morgan fingerprint density at radius 2 is 1.86 bits per heavy atom. The Morgan fingerprint density at radius 3 is 2.59 bits per heavy atom. The zero-order chi connectivity index (χ0) is 15.9. The van der Waals surface area contributed by atoms with Crippen LogP contribution < -0.4 is 0 Å². The highest BCUT2D eigenvalue weighted by atomic mass is 16.7. The van der Waals surface area contributed by atoms with Gasteiger partial charge in [-0.05, 0) is 32.1 Å². The van der Waals surface area contributed by atoms with E-state index in [2.05, 4.69) is 11.8 Å². The summed E-state index contributed by atoms with van der Waals surface area (Å²) in [5.74, 6) is 5.60. The van der Waals surface area contributed by atoms with E-state index in [4.69, 9.17) is 14.2 Å². The van der Waals surface area contributed by atoms with E-state index in [-0.39, 0.29) is 18.9 Å². The summed E-state index contributed by atoms with van der Waals surface area (Å²) in [4.78, 5) is 10.5. The Hall–Kier alpha value is -1.05. The van der Waals surface area contributed by atoms with E-state index in [1.54, 1.807) is 0 Å². The smallest absolute Gasteiger partial charge is 0.303 e. The minimum atomic E-state index is -0.270. The van der Waals surface area contributed by atoms with E-state index in [0.29, 0.717) is 0 Å². The lowest BCUT2D eigenvalue weighted by Crippen LogP contribution is -2.22. The summed E-state index contributed by atoms with van der Waals surface area (Å²) >= 11 is 0. The molecule has 0 bridgehead atoms. The van der Waals surface area contributed by atoms with Crippen LogP contribution in [0.5, 0.6) is 0 Å². The van der Waals surface area contributed by atoms with Gasteiger partial charge in [0.2, 0.25) is 0 Å². The highest BCUT2D eigenvalue weighted by molar-refractivity contribution is 5.66. The predicted molar refractivity (Wildman–Crippen MR) is 86.3 cm³/mol. The van der Waals surface area contributed by atoms with Crippen LogP contribution in [-0.4, -0.2) is 32.1 Å². The fraction of sp³-hybridized carbons (Fsp3) is 0.833. The van der Waals surface area contributed by atoms with Crippen molar-refractivity contribution in [3.63, 3.8) is 0 Å². The lowest BCUT2D eigenvalue weighted by atomic mass is 10.1. The van der Waals surface area contributed by atoms with Gasteiger partial charge in [-0.2, -0.15) is 0 Å². The maximum Gasteiger partial charge on any atom is 0.303 e. The van der Waals surface area contributed by atoms with Crippen molar-refractivity contribution in [2.24, 2.45) is 0 Å². The van der Waals surface area contributed by atoms with E-state index in [1.807, 2.05) is 0 Å². The monoisotopic (exact) mass is 310 g/mol. The van der Waals surface area contributed by atoms with E-state index in [1.165, 1.54) is 45.4 Å². The molecule has 0 N–H and O–H groups in total. The van der Waals surface area contributed by atoms with Crippen LogP contribution in [0.25, 0.3) is 0 Å². The molecule has 1 unspecified atom stereocenters. The standard InChI is InChI=1S/C18H30O4/c1-17(19)20-14-10-7-5-3-2-4-6-8-11-15-21-18-13-9-12-16-22-18/h18H,2-6,8-9,11-16H2,1H3. The Morgan fingerprint density at radius 1 is 1.09 bits per heavy atom. The Bertz CT molecular complexity index is 337. The summed E-state index contributed by atoms with van der Waals surface area (Å²) < 4.78 is 16.0. The summed E-state index contributed by atoms with van der Waals surface area (Å²) in [6.45, 7) is 3.30. The summed E-state index contributed by atoms with van der Waals surface area (Å²) in [7, 11) is 0. The van der Waals surface area contributed by atoms with Gasteiger partial charge in [-0.25, -0.2) is 0 Å². The number of carbonyl (C=O) groups excluding carboxylic acids is 1. The largest absolute Gasteiger partial charge is 0.453 e. The highest BCUT2D eigenvalue weighted by Gasteiger charge is 2.13. The Labute approximate surface area is 134 Å². The van der Waals surface area contributed by atoms with Crippen LogP contribution in [0, 0.1) is 11.8 Å². The summed E-state index contributed by atoms with van der Waals surface area (Å²) in [6.07, 6.45) is 11.6. The lowest BCUT2D eigenvalue weighted by Gasteiger charge is -2.22. The minimum Gasteiger partial charge on any atom is -0.453 e. The molecule has 1 saturated heterocycles. The van der Waals surface area contributed by atoms with Gasteiger partial charge in [-0.3, -0.25) is 4.79 Å². The number of esters is 1. The van der Waals surface area contributed by atoms with Crippen molar-refractivity contribution >= 4 is 5.97 Å². The maximum atomic E-state index is 10.5. The van der Waals surface area contributed by atoms with Crippen LogP contribution in [0.2, 0.25) is 0 Å². The molecule has 4 nitrogen and oxygen atoms in total. The molecule has 1 atom stereocenters. The first-order valence-electron chi connectivity index (χ1n) is 8.61. The molecule has 1 aliphatic heterocycles. The SMILES string of the molecule is CC(=O)OCC#CCCCCCCCCOC1CCCCO1. The van der Waals surface area contributed by atoms with Crippen molar-refractivity contribution in [2.75, 3.05) is 19.8 Å². The molecule has 0 radical (unpaired) electrons. The molecule has 126 valence electrons. The summed E-state index contributed by atoms with van der Waals surface area (Å²) in [5, 5.41) is 0. The molecule has 0 spiro atoms. The van der Waals surface area contributed by atoms with Gasteiger partial charge in [0, 0.05) is 26.6 Å². The highest BCUT2D eigenvalue weighted by Crippen LogP contribution is 2.14. The molecular formula is C18H30O4. The third-order valence-electron chi connectivity index (χ3n) is 3.61. The second-order valence-electron chi connectivity index (χ2n) is 5.67. The predicted octanol–water partition coefficient (Wildman–Crippen LogP) is 3.83. The molecule has 0 aromatic rings. The third kappa shape index (κ3) is 11.6. The molecule has 0 amide bonds. The second kappa shape index (κ2) is 13.6. The molecular weight excluding hydrogens is 280 g/mol. The van der Waals surface area contributed by atoms with Gasteiger partial charge in [0.1, 0.15) is 0 Å². The summed E-state index contributed by atoms with van der Waals surface area (Å²) in [5.41, 5.74) is 0. The van der Waals surface area contributed by atoms with Crippen molar-refractivity contribution < 1.29 is 19.0 Å². The molecule has 0 aromatic heterocycles. The number of rotatable bonds is 10. The number of hydrogen-bond donors (Lipinski definition) is 0. The van der Waals surface area contributed by atoms with Gasteiger partial charge in [0.25, 0.3) is 0 Å². The minimum absolute atomic E-state index is 0.0549. The Kier molecular flexibility index (Phi) is 11.7. The van der Waals surface area contributed by atoms with E-state index >= 15 is 0 Å². The molecule has 4 heteroatoms.